The molecule has 1 aromatic carbocycles. The summed E-state index contributed by atoms with van der Waals surface area (Å²) in [6.07, 6.45) is -0.294. The van der Waals surface area contributed by atoms with E-state index in [4.69, 9.17) is 5.11 Å². The molecule has 1 aliphatic rings. The number of anilines is 1. The van der Waals surface area contributed by atoms with Gasteiger partial charge in [0.25, 0.3) is 0 Å². The number of amides is 1. The Kier molecular flexibility index (Phi) is 2.86. The molecule has 0 saturated heterocycles. The van der Waals surface area contributed by atoms with Gasteiger partial charge in [0.15, 0.2) is 0 Å². The molecule has 0 fully saturated rings. The monoisotopic (exact) mass is 253 g/mol. The quantitative estimate of drug-likeness (QED) is 0.877. The lowest BCUT2D eigenvalue weighted by molar-refractivity contribution is -0.133. The van der Waals surface area contributed by atoms with E-state index in [9.17, 15) is 18.4 Å². The second kappa shape index (κ2) is 4.21. The topological polar surface area (TPSA) is 57.6 Å². The van der Waals surface area contributed by atoms with Crippen molar-refractivity contribution in [2.75, 3.05) is 4.90 Å². The lowest BCUT2D eigenvalue weighted by Crippen LogP contribution is -2.24. The van der Waals surface area contributed by atoms with Crippen molar-refractivity contribution in [3.05, 3.63) is 41.1 Å². The van der Waals surface area contributed by atoms with Crippen LogP contribution >= 0.6 is 0 Å². The Morgan fingerprint density at radius 1 is 1.39 bits per heavy atom. The number of hydrogen-bond donors (Lipinski definition) is 1. The number of aliphatic carboxylic acids is 1. The van der Waals surface area contributed by atoms with E-state index in [1.165, 1.54) is 6.92 Å². The summed E-state index contributed by atoms with van der Waals surface area (Å²) >= 11 is 0. The second-order valence-corrected chi connectivity index (χ2v) is 3.87. The van der Waals surface area contributed by atoms with Crippen LogP contribution in [0.4, 0.5) is 14.5 Å². The number of carbonyl (C=O) groups is 2. The highest BCUT2D eigenvalue weighted by molar-refractivity contribution is 6.08. The molecule has 1 aliphatic heterocycles. The Balaban J connectivity index is 2.51. The van der Waals surface area contributed by atoms with Gasteiger partial charge in [-0.15, -0.1) is 0 Å². The van der Waals surface area contributed by atoms with Crippen molar-refractivity contribution < 1.29 is 23.5 Å². The van der Waals surface area contributed by atoms with Gasteiger partial charge in [-0.05, 0) is 19.1 Å². The highest BCUT2D eigenvalue weighted by Gasteiger charge is 2.33. The molecule has 94 valence electrons. The molecular formula is C12H9F2NO3. The minimum atomic E-state index is -1.22. The van der Waals surface area contributed by atoms with Crippen molar-refractivity contribution in [3.63, 3.8) is 0 Å². The average Bonchev–Trinajstić information content (AvgIpc) is 2.56. The molecule has 2 rings (SSSR count). The van der Waals surface area contributed by atoms with Crippen LogP contribution in [0.25, 0.3) is 0 Å². The van der Waals surface area contributed by atoms with Crippen LogP contribution in [0.5, 0.6) is 0 Å². The highest BCUT2D eigenvalue weighted by atomic mass is 19.1. The number of rotatable bonds is 2. The molecular weight excluding hydrogens is 244 g/mol. The minimum Gasteiger partial charge on any atom is -0.478 e. The Morgan fingerprint density at radius 3 is 2.56 bits per heavy atom. The summed E-state index contributed by atoms with van der Waals surface area (Å²) in [5, 5.41) is 8.89. The lowest BCUT2D eigenvalue weighted by atomic mass is 10.2. The fraction of sp³-hybridized carbons (Fsp3) is 0.167. The molecule has 0 unspecified atom stereocenters. The molecule has 0 aromatic heterocycles. The number of nitrogens with zero attached hydrogens (tertiary/aromatic N) is 1. The van der Waals surface area contributed by atoms with Crippen LogP contribution in [0, 0.1) is 11.6 Å². The van der Waals surface area contributed by atoms with Crippen molar-refractivity contribution >= 4 is 17.6 Å². The standard InChI is InChI=1S/C12H9F2NO3/c1-6-8(12(17)18)5-11(16)15(6)10-3-2-7(13)4-9(10)14/h2-4H,5H2,1H3,(H,17,18). The van der Waals surface area contributed by atoms with Gasteiger partial charge >= 0.3 is 5.97 Å². The summed E-state index contributed by atoms with van der Waals surface area (Å²) in [7, 11) is 0. The first kappa shape index (κ1) is 12.2. The van der Waals surface area contributed by atoms with E-state index in [1.54, 1.807) is 0 Å². The van der Waals surface area contributed by atoms with Gasteiger partial charge in [-0.2, -0.15) is 0 Å². The molecule has 0 saturated carbocycles. The van der Waals surface area contributed by atoms with Gasteiger partial charge in [-0.3, -0.25) is 9.69 Å². The lowest BCUT2D eigenvalue weighted by Gasteiger charge is -2.18. The first-order chi connectivity index (χ1) is 8.41. The molecule has 0 atom stereocenters. The zero-order valence-electron chi connectivity index (χ0n) is 9.41. The maximum absolute atomic E-state index is 13.6. The van der Waals surface area contributed by atoms with Gasteiger partial charge in [0, 0.05) is 11.8 Å². The van der Waals surface area contributed by atoms with Crippen molar-refractivity contribution in [1.82, 2.24) is 0 Å². The molecule has 18 heavy (non-hydrogen) atoms. The summed E-state index contributed by atoms with van der Waals surface area (Å²) in [5.41, 5.74) is -0.0723. The Morgan fingerprint density at radius 2 is 2.06 bits per heavy atom. The van der Waals surface area contributed by atoms with E-state index in [0.717, 1.165) is 17.0 Å². The summed E-state index contributed by atoms with van der Waals surface area (Å²) in [4.78, 5) is 23.5. The molecule has 1 aromatic rings. The van der Waals surface area contributed by atoms with E-state index in [0.29, 0.717) is 6.07 Å². The molecule has 6 heteroatoms. The largest absolute Gasteiger partial charge is 0.478 e. The zero-order valence-corrected chi connectivity index (χ0v) is 9.41. The van der Waals surface area contributed by atoms with Crippen LogP contribution in [0.1, 0.15) is 13.3 Å². The van der Waals surface area contributed by atoms with Gasteiger partial charge < -0.3 is 5.11 Å². The smallest absolute Gasteiger partial charge is 0.333 e. The third kappa shape index (κ3) is 1.85. The minimum absolute atomic E-state index is 0.0799. The molecule has 1 N–H and O–H groups in total. The van der Waals surface area contributed by atoms with E-state index in [1.807, 2.05) is 0 Å². The van der Waals surface area contributed by atoms with Crippen molar-refractivity contribution in [2.24, 2.45) is 0 Å². The molecule has 0 bridgehead atoms. The summed E-state index contributed by atoms with van der Waals surface area (Å²) in [5.74, 6) is -3.43. The third-order valence-electron chi connectivity index (χ3n) is 2.76. The van der Waals surface area contributed by atoms with Crippen LogP contribution in [0.3, 0.4) is 0 Å². The molecule has 0 radical (unpaired) electrons. The van der Waals surface area contributed by atoms with Gasteiger partial charge in [0.1, 0.15) is 11.6 Å². The number of carboxylic acid groups (broad SMARTS) is 1. The number of allylic oxidation sites excluding steroid dienone is 1. The van der Waals surface area contributed by atoms with E-state index in [2.05, 4.69) is 0 Å². The van der Waals surface area contributed by atoms with Crippen molar-refractivity contribution in [3.8, 4) is 0 Å². The fourth-order valence-electron chi connectivity index (χ4n) is 1.89. The van der Waals surface area contributed by atoms with Crippen molar-refractivity contribution in [1.29, 1.82) is 0 Å². The Bertz CT molecular complexity index is 581. The molecule has 0 aliphatic carbocycles. The number of carbonyl (C=O) groups excluding carboxylic acids is 1. The SMILES string of the molecule is CC1=C(C(=O)O)CC(=O)N1c1ccc(F)cc1F. The van der Waals surface area contributed by atoms with Crippen LogP contribution in [-0.4, -0.2) is 17.0 Å². The molecule has 4 nitrogen and oxygen atoms in total. The highest BCUT2D eigenvalue weighted by Crippen LogP contribution is 2.32. The normalized spacial score (nSPS) is 15.5. The second-order valence-electron chi connectivity index (χ2n) is 3.87. The fourth-order valence-corrected chi connectivity index (χ4v) is 1.89. The predicted octanol–water partition coefficient (Wildman–Crippen LogP) is 2.06. The van der Waals surface area contributed by atoms with Crippen LogP contribution in [0.2, 0.25) is 0 Å². The zero-order chi connectivity index (χ0) is 13.4. The predicted molar refractivity (Wildman–Crippen MR) is 58.8 cm³/mol. The van der Waals surface area contributed by atoms with Crippen LogP contribution in [0.15, 0.2) is 29.5 Å². The summed E-state index contributed by atoms with van der Waals surface area (Å²) in [6.45, 7) is 1.41. The Labute approximate surface area is 101 Å². The first-order valence-electron chi connectivity index (χ1n) is 5.13. The number of benzene rings is 1. The van der Waals surface area contributed by atoms with Gasteiger partial charge in [-0.1, -0.05) is 0 Å². The number of halogens is 2. The summed E-state index contributed by atoms with van der Waals surface area (Å²) in [6, 6.07) is 2.77. The summed E-state index contributed by atoms with van der Waals surface area (Å²) < 4.78 is 26.4. The molecule has 0 spiro atoms. The van der Waals surface area contributed by atoms with Crippen LogP contribution < -0.4 is 4.90 Å². The number of hydrogen-bond acceptors (Lipinski definition) is 2. The Hall–Kier alpha value is -2.24. The molecule has 1 heterocycles. The maximum Gasteiger partial charge on any atom is 0.333 e. The van der Waals surface area contributed by atoms with E-state index < -0.39 is 23.5 Å². The third-order valence-corrected chi connectivity index (χ3v) is 2.76. The first-order valence-corrected chi connectivity index (χ1v) is 5.13. The number of carboxylic acids is 1. The van der Waals surface area contributed by atoms with Crippen LogP contribution in [-0.2, 0) is 9.59 Å². The van der Waals surface area contributed by atoms with Gasteiger partial charge in [0.2, 0.25) is 5.91 Å². The van der Waals surface area contributed by atoms with E-state index in [-0.39, 0.29) is 23.4 Å². The average molecular weight is 253 g/mol. The van der Waals surface area contributed by atoms with Gasteiger partial charge in [0.05, 0.1) is 17.7 Å². The van der Waals surface area contributed by atoms with Crippen molar-refractivity contribution in [2.45, 2.75) is 13.3 Å². The van der Waals surface area contributed by atoms with Gasteiger partial charge in [-0.25, -0.2) is 13.6 Å². The van der Waals surface area contributed by atoms with E-state index >= 15 is 0 Å². The maximum atomic E-state index is 13.6. The molecule has 1 amide bonds.